The molecule has 1 saturated heterocycles. The Hall–Kier alpha value is -4.81. The minimum atomic E-state index is -0.531. The van der Waals surface area contributed by atoms with E-state index in [4.69, 9.17) is 9.47 Å². The first-order chi connectivity index (χ1) is 21.0. The summed E-state index contributed by atoms with van der Waals surface area (Å²) in [4.78, 5) is 30.2. The molecule has 0 saturated carbocycles. The summed E-state index contributed by atoms with van der Waals surface area (Å²) in [5, 5.41) is 8.30. The molecule has 12 heteroatoms. The van der Waals surface area contributed by atoms with Gasteiger partial charge in [-0.2, -0.15) is 0 Å². The smallest absolute Gasteiger partial charge is 0.323 e. The summed E-state index contributed by atoms with van der Waals surface area (Å²) < 4.78 is 26.3. The molecule has 3 N–H and O–H groups in total. The van der Waals surface area contributed by atoms with Crippen molar-refractivity contribution in [3.05, 3.63) is 78.9 Å². The van der Waals surface area contributed by atoms with Gasteiger partial charge in [0.1, 0.15) is 5.75 Å². The second kappa shape index (κ2) is 14.4. The number of aromatic nitrogens is 3. The molecule has 1 aliphatic rings. The Kier molecular flexibility index (Phi) is 9.93. The quantitative estimate of drug-likeness (QED) is 0.205. The largest absolute Gasteiger partial charge is 0.490 e. The molecule has 0 bridgehead atoms. The van der Waals surface area contributed by atoms with E-state index in [0.29, 0.717) is 46.8 Å². The van der Waals surface area contributed by atoms with Gasteiger partial charge in [-0.15, -0.1) is 0 Å². The molecule has 224 valence electrons. The number of likely N-dealkylation sites (N-methyl/N-ethyl adjacent to an activating group) is 1. The van der Waals surface area contributed by atoms with E-state index in [2.05, 4.69) is 47.7 Å². The van der Waals surface area contributed by atoms with Crippen molar-refractivity contribution in [2.75, 3.05) is 69.4 Å². The maximum absolute atomic E-state index is 14.6. The average Bonchev–Trinajstić information content (AvgIpc) is 3.02. The van der Waals surface area contributed by atoms with Gasteiger partial charge < -0.3 is 35.2 Å². The normalized spacial score (nSPS) is 13.7. The number of nitrogens with one attached hydrogen (secondary N) is 3. The van der Waals surface area contributed by atoms with E-state index in [1.54, 1.807) is 61.9 Å². The van der Waals surface area contributed by atoms with E-state index < -0.39 is 11.8 Å². The lowest BCUT2D eigenvalue weighted by Crippen LogP contribution is -2.44. The maximum Gasteiger partial charge on any atom is 0.323 e. The maximum atomic E-state index is 14.6. The zero-order chi connectivity index (χ0) is 30.0. The first kappa shape index (κ1) is 29.7. The second-order valence-electron chi connectivity index (χ2n) is 10.1. The molecular formula is C31H35FN8O3. The lowest BCUT2D eigenvalue weighted by molar-refractivity contribution is 0.145. The molecule has 4 aromatic rings. The fraction of sp³-hybridized carbons (Fsp3) is 0.290. The third-order valence-electron chi connectivity index (χ3n) is 6.91. The van der Waals surface area contributed by atoms with Crippen molar-refractivity contribution in [3.8, 4) is 28.6 Å². The first-order valence-corrected chi connectivity index (χ1v) is 14.1. The minimum absolute atomic E-state index is 0.165. The van der Waals surface area contributed by atoms with Crippen molar-refractivity contribution < 1.29 is 18.7 Å². The standard InChI is InChI=1S/C31H35FN8O3/c1-33-30-35-14-12-27(38-30)25-5-3-13-34-29(25)43-24-9-6-22(7-10-24)36-31(41)37-23-8-11-28(26(32)21-23)42-20-4-15-40-18-16-39(2)17-19-40/h3,5-14,21H,4,15-20H2,1-2H3,(H,33,35,38)(H2,36,37,41). The van der Waals surface area contributed by atoms with Crippen LogP contribution in [0.1, 0.15) is 6.42 Å². The highest BCUT2D eigenvalue weighted by Gasteiger charge is 2.14. The Morgan fingerprint density at radius 1 is 0.953 bits per heavy atom. The number of hydrogen-bond donors (Lipinski definition) is 3. The Morgan fingerprint density at radius 2 is 1.72 bits per heavy atom. The SMILES string of the molecule is CNc1nccc(-c2cccnc2Oc2ccc(NC(=O)Nc3ccc(OCCCN4CCN(C)CC4)c(F)c3)cc2)n1. The van der Waals surface area contributed by atoms with Crippen LogP contribution in [0.5, 0.6) is 17.4 Å². The number of rotatable bonds is 11. The van der Waals surface area contributed by atoms with Gasteiger partial charge in [-0.1, -0.05) is 0 Å². The van der Waals surface area contributed by atoms with Gasteiger partial charge in [-0.05, 0) is 68.1 Å². The Labute approximate surface area is 250 Å². The number of nitrogens with zero attached hydrogens (tertiary/aromatic N) is 5. The van der Waals surface area contributed by atoms with E-state index in [-0.39, 0.29) is 5.75 Å². The molecule has 2 amide bonds. The molecule has 5 rings (SSSR count). The summed E-state index contributed by atoms with van der Waals surface area (Å²) >= 11 is 0. The molecular weight excluding hydrogens is 551 g/mol. The Morgan fingerprint density at radius 3 is 2.49 bits per heavy atom. The minimum Gasteiger partial charge on any atom is -0.490 e. The number of piperazine rings is 1. The van der Waals surface area contributed by atoms with Gasteiger partial charge in [0, 0.05) is 69.6 Å². The van der Waals surface area contributed by atoms with Crippen LogP contribution in [0.4, 0.5) is 26.5 Å². The summed E-state index contributed by atoms with van der Waals surface area (Å²) in [5.41, 5.74) is 2.21. The molecule has 3 heterocycles. The number of anilines is 3. The van der Waals surface area contributed by atoms with Crippen LogP contribution in [0.2, 0.25) is 0 Å². The number of amides is 2. The number of ether oxygens (including phenoxy) is 2. The summed E-state index contributed by atoms with van der Waals surface area (Å²) in [7, 11) is 3.87. The lowest BCUT2D eigenvalue weighted by atomic mass is 10.2. The molecule has 2 aromatic carbocycles. The van der Waals surface area contributed by atoms with Crippen LogP contribution >= 0.6 is 0 Å². The number of pyridine rings is 1. The molecule has 0 spiro atoms. The van der Waals surface area contributed by atoms with Crippen molar-refractivity contribution in [2.24, 2.45) is 0 Å². The van der Waals surface area contributed by atoms with Gasteiger partial charge >= 0.3 is 6.03 Å². The Bertz CT molecular complexity index is 1510. The van der Waals surface area contributed by atoms with Crippen molar-refractivity contribution in [2.45, 2.75) is 6.42 Å². The summed E-state index contributed by atoms with van der Waals surface area (Å²) in [6, 6.07) is 16.1. The number of carbonyl (C=O) groups is 1. The molecule has 0 aliphatic carbocycles. The molecule has 0 unspecified atom stereocenters. The highest BCUT2D eigenvalue weighted by molar-refractivity contribution is 5.99. The lowest BCUT2D eigenvalue weighted by Gasteiger charge is -2.32. The average molecular weight is 587 g/mol. The van der Waals surface area contributed by atoms with Crippen molar-refractivity contribution in [3.63, 3.8) is 0 Å². The van der Waals surface area contributed by atoms with Crippen LogP contribution < -0.4 is 25.4 Å². The topological polar surface area (TPSA) is 117 Å². The predicted molar refractivity (Wildman–Crippen MR) is 164 cm³/mol. The van der Waals surface area contributed by atoms with Crippen LogP contribution in [-0.4, -0.2) is 84.2 Å². The molecule has 0 atom stereocenters. The highest BCUT2D eigenvalue weighted by Crippen LogP contribution is 2.31. The van der Waals surface area contributed by atoms with Crippen LogP contribution in [-0.2, 0) is 0 Å². The van der Waals surface area contributed by atoms with E-state index in [1.807, 2.05) is 6.07 Å². The van der Waals surface area contributed by atoms with E-state index in [1.165, 1.54) is 12.1 Å². The van der Waals surface area contributed by atoms with Crippen LogP contribution in [0.15, 0.2) is 73.1 Å². The summed E-state index contributed by atoms with van der Waals surface area (Å²) in [5.74, 6) is 1.02. The number of halogens is 1. The van der Waals surface area contributed by atoms with Gasteiger partial charge in [0.25, 0.3) is 0 Å². The zero-order valence-corrected chi connectivity index (χ0v) is 24.2. The number of benzene rings is 2. The van der Waals surface area contributed by atoms with E-state index in [9.17, 15) is 9.18 Å². The molecule has 43 heavy (non-hydrogen) atoms. The van der Waals surface area contributed by atoms with Crippen molar-refractivity contribution in [1.29, 1.82) is 0 Å². The zero-order valence-electron chi connectivity index (χ0n) is 24.2. The fourth-order valence-corrected chi connectivity index (χ4v) is 4.55. The van der Waals surface area contributed by atoms with Gasteiger partial charge in [0.2, 0.25) is 11.8 Å². The molecule has 2 aromatic heterocycles. The van der Waals surface area contributed by atoms with Crippen LogP contribution in [0.25, 0.3) is 11.3 Å². The van der Waals surface area contributed by atoms with Crippen LogP contribution in [0, 0.1) is 5.82 Å². The highest BCUT2D eigenvalue weighted by atomic mass is 19.1. The third kappa shape index (κ3) is 8.37. The molecule has 11 nitrogen and oxygen atoms in total. The molecule has 0 radical (unpaired) electrons. The van der Waals surface area contributed by atoms with Crippen LogP contribution in [0.3, 0.4) is 0 Å². The monoisotopic (exact) mass is 586 g/mol. The number of carbonyl (C=O) groups excluding carboxylic acids is 1. The molecule has 1 fully saturated rings. The van der Waals surface area contributed by atoms with Gasteiger partial charge in [-0.3, -0.25) is 0 Å². The predicted octanol–water partition coefficient (Wildman–Crippen LogP) is 5.17. The fourth-order valence-electron chi connectivity index (χ4n) is 4.55. The van der Waals surface area contributed by atoms with Gasteiger partial charge in [0.15, 0.2) is 11.6 Å². The number of urea groups is 1. The first-order valence-electron chi connectivity index (χ1n) is 14.1. The Balaban J connectivity index is 1.10. The molecule has 1 aliphatic heterocycles. The number of hydrogen-bond acceptors (Lipinski definition) is 9. The van der Waals surface area contributed by atoms with E-state index >= 15 is 0 Å². The summed E-state index contributed by atoms with van der Waals surface area (Å²) in [6.45, 7) is 5.56. The third-order valence-corrected chi connectivity index (χ3v) is 6.91. The van der Waals surface area contributed by atoms with Crippen molar-refractivity contribution >= 4 is 23.4 Å². The second-order valence-corrected chi connectivity index (χ2v) is 10.1. The van der Waals surface area contributed by atoms with E-state index in [0.717, 1.165) is 39.1 Å². The van der Waals surface area contributed by atoms with Gasteiger partial charge in [-0.25, -0.2) is 24.1 Å². The summed E-state index contributed by atoms with van der Waals surface area (Å²) in [6.07, 6.45) is 4.11. The van der Waals surface area contributed by atoms with Crippen molar-refractivity contribution in [1.82, 2.24) is 24.8 Å². The van der Waals surface area contributed by atoms with Gasteiger partial charge in [0.05, 0.1) is 17.9 Å².